The Bertz CT molecular complexity index is 856. The molecule has 1 saturated heterocycles. The van der Waals surface area contributed by atoms with Gasteiger partial charge in [0.25, 0.3) is 0 Å². The van der Waals surface area contributed by atoms with Gasteiger partial charge in [0.15, 0.2) is 0 Å². The Hall–Kier alpha value is -1.60. The number of aromatic nitrogens is 2. The van der Waals surface area contributed by atoms with Crippen LogP contribution in [0.4, 0.5) is 5.82 Å². The molecule has 2 N–H and O–H groups in total. The molecule has 0 radical (unpaired) electrons. The van der Waals surface area contributed by atoms with Crippen LogP contribution < -0.4 is 10.6 Å². The third kappa shape index (κ3) is 4.83. The van der Waals surface area contributed by atoms with Gasteiger partial charge in [-0.1, -0.05) is 30.7 Å². The number of anilines is 1. The summed E-state index contributed by atoms with van der Waals surface area (Å²) in [6, 6.07) is 7.39. The Morgan fingerprint density at radius 3 is 2.47 bits per heavy atom. The summed E-state index contributed by atoms with van der Waals surface area (Å²) in [5, 5.41) is 0.659. The van der Waals surface area contributed by atoms with E-state index in [1.165, 1.54) is 11.3 Å². The van der Waals surface area contributed by atoms with E-state index in [0.29, 0.717) is 24.0 Å². The molecule has 0 spiro atoms. The molecule has 164 valence electrons. The summed E-state index contributed by atoms with van der Waals surface area (Å²) >= 11 is 5.97. The van der Waals surface area contributed by atoms with Crippen LogP contribution in [0.2, 0.25) is 5.02 Å². The van der Waals surface area contributed by atoms with Crippen LogP contribution in [0.5, 0.6) is 0 Å². The van der Waals surface area contributed by atoms with Gasteiger partial charge in [-0.15, -0.1) is 24.8 Å². The van der Waals surface area contributed by atoms with Crippen LogP contribution in [-0.2, 0) is 11.2 Å². The van der Waals surface area contributed by atoms with Gasteiger partial charge < -0.3 is 15.5 Å². The fourth-order valence-corrected chi connectivity index (χ4v) is 4.43. The summed E-state index contributed by atoms with van der Waals surface area (Å²) in [5.41, 5.74) is 9.33. The normalized spacial score (nSPS) is 18.8. The van der Waals surface area contributed by atoms with Crippen LogP contribution in [-0.4, -0.2) is 53.5 Å². The maximum atomic E-state index is 13.1. The van der Waals surface area contributed by atoms with Crippen molar-refractivity contribution in [3.8, 4) is 0 Å². The molecule has 1 amide bonds. The number of fused-ring (bicyclic) bond motifs is 1. The van der Waals surface area contributed by atoms with Crippen molar-refractivity contribution in [2.24, 2.45) is 5.73 Å². The summed E-state index contributed by atoms with van der Waals surface area (Å²) in [4.78, 5) is 26.3. The maximum Gasteiger partial charge on any atom is 0.231 e. The lowest BCUT2D eigenvalue weighted by molar-refractivity contribution is -0.132. The highest BCUT2D eigenvalue weighted by molar-refractivity contribution is 6.30. The number of halogens is 3. The molecule has 1 fully saturated rings. The zero-order valence-electron chi connectivity index (χ0n) is 17.0. The summed E-state index contributed by atoms with van der Waals surface area (Å²) in [6.45, 7) is 5.44. The molecular weight excluding hydrogens is 445 g/mol. The zero-order valence-corrected chi connectivity index (χ0v) is 19.3. The van der Waals surface area contributed by atoms with Crippen molar-refractivity contribution in [2.75, 3.05) is 37.6 Å². The molecule has 0 bridgehead atoms. The molecule has 2 aromatic rings. The quantitative estimate of drug-likeness (QED) is 0.738. The summed E-state index contributed by atoms with van der Waals surface area (Å²) < 4.78 is 0. The number of hydrogen-bond acceptors (Lipinski definition) is 5. The van der Waals surface area contributed by atoms with Gasteiger partial charge in [-0.3, -0.25) is 4.79 Å². The molecule has 2 aliphatic rings. The van der Waals surface area contributed by atoms with E-state index in [2.05, 4.69) is 21.8 Å². The molecule has 0 unspecified atom stereocenters. The van der Waals surface area contributed by atoms with E-state index in [-0.39, 0.29) is 43.2 Å². The first-order valence-corrected chi connectivity index (χ1v) is 10.3. The van der Waals surface area contributed by atoms with Gasteiger partial charge in [-0.2, -0.15) is 0 Å². The predicted octanol–water partition coefficient (Wildman–Crippen LogP) is 3.41. The Labute approximate surface area is 195 Å². The van der Waals surface area contributed by atoms with E-state index in [4.69, 9.17) is 17.3 Å². The van der Waals surface area contributed by atoms with Gasteiger partial charge in [-0.25, -0.2) is 9.97 Å². The first kappa shape index (κ1) is 24.7. The standard InChI is InChI=1S/C21H26ClN5O.2ClH/c1-14-2-7-18-19(14)20(25-13-24-18)26-8-10-27(11-9-26)21(28)17(12-23)15-3-5-16(22)6-4-15;;/h3-6,13-14,17H,2,7-12,23H2,1H3;2*1H/t14-,17-;;/m1../s1. The summed E-state index contributed by atoms with van der Waals surface area (Å²) in [6.07, 6.45) is 3.84. The molecule has 9 heteroatoms. The minimum atomic E-state index is -0.327. The largest absolute Gasteiger partial charge is 0.353 e. The van der Waals surface area contributed by atoms with E-state index in [0.717, 1.165) is 37.3 Å². The lowest BCUT2D eigenvalue weighted by Crippen LogP contribution is -2.51. The Kier molecular flexibility index (Phi) is 8.73. The molecule has 1 aliphatic heterocycles. The lowest BCUT2D eigenvalue weighted by Gasteiger charge is -2.37. The average molecular weight is 473 g/mol. The molecular formula is C21H28Cl3N5O. The van der Waals surface area contributed by atoms with Gasteiger partial charge in [0, 0.05) is 49.0 Å². The zero-order chi connectivity index (χ0) is 19.7. The molecule has 0 saturated carbocycles. The number of benzene rings is 1. The highest BCUT2D eigenvalue weighted by Crippen LogP contribution is 2.37. The van der Waals surface area contributed by atoms with E-state index in [9.17, 15) is 4.79 Å². The van der Waals surface area contributed by atoms with E-state index < -0.39 is 0 Å². The second kappa shape index (κ2) is 10.6. The summed E-state index contributed by atoms with van der Waals surface area (Å²) in [5.74, 6) is 1.31. The monoisotopic (exact) mass is 471 g/mol. The third-order valence-electron chi connectivity index (χ3n) is 5.95. The van der Waals surface area contributed by atoms with Crippen molar-refractivity contribution in [1.82, 2.24) is 14.9 Å². The fourth-order valence-electron chi connectivity index (χ4n) is 4.31. The first-order valence-electron chi connectivity index (χ1n) is 9.91. The molecule has 2 atom stereocenters. The van der Waals surface area contributed by atoms with Gasteiger partial charge in [0.1, 0.15) is 12.1 Å². The predicted molar refractivity (Wildman–Crippen MR) is 125 cm³/mol. The third-order valence-corrected chi connectivity index (χ3v) is 6.20. The number of carbonyl (C=O) groups excluding carboxylic acids is 1. The van der Waals surface area contributed by atoms with Crippen LogP contribution >= 0.6 is 36.4 Å². The number of rotatable bonds is 4. The minimum absolute atomic E-state index is 0. The van der Waals surface area contributed by atoms with Crippen LogP contribution in [0, 0.1) is 0 Å². The number of nitrogens with two attached hydrogens (primary N) is 1. The van der Waals surface area contributed by atoms with Crippen molar-refractivity contribution in [1.29, 1.82) is 0 Å². The molecule has 2 heterocycles. The van der Waals surface area contributed by atoms with Crippen molar-refractivity contribution in [3.05, 3.63) is 52.4 Å². The van der Waals surface area contributed by atoms with Gasteiger partial charge in [0.2, 0.25) is 5.91 Å². The van der Waals surface area contributed by atoms with Crippen LogP contribution in [0.15, 0.2) is 30.6 Å². The topological polar surface area (TPSA) is 75.4 Å². The Morgan fingerprint density at radius 2 is 1.83 bits per heavy atom. The van der Waals surface area contributed by atoms with E-state index in [1.807, 2.05) is 29.2 Å². The minimum Gasteiger partial charge on any atom is -0.353 e. The van der Waals surface area contributed by atoms with Crippen molar-refractivity contribution < 1.29 is 4.79 Å². The summed E-state index contributed by atoms with van der Waals surface area (Å²) in [7, 11) is 0. The number of aryl methyl sites for hydroxylation is 1. The highest BCUT2D eigenvalue weighted by Gasteiger charge is 2.31. The van der Waals surface area contributed by atoms with Gasteiger partial charge in [0.05, 0.1) is 5.92 Å². The smallest absolute Gasteiger partial charge is 0.231 e. The first-order chi connectivity index (χ1) is 13.6. The van der Waals surface area contributed by atoms with E-state index in [1.54, 1.807) is 6.33 Å². The Morgan fingerprint density at radius 1 is 1.17 bits per heavy atom. The second-order valence-electron chi connectivity index (χ2n) is 7.65. The van der Waals surface area contributed by atoms with Crippen LogP contribution in [0.1, 0.15) is 42.0 Å². The van der Waals surface area contributed by atoms with Crippen LogP contribution in [0.25, 0.3) is 0 Å². The SMILES string of the molecule is C[C@@H]1CCc2ncnc(N3CCN(C(=O)[C@H](CN)c4ccc(Cl)cc4)CC3)c21.Cl.Cl. The maximum absolute atomic E-state index is 13.1. The molecule has 6 nitrogen and oxygen atoms in total. The van der Waals surface area contributed by atoms with Crippen molar-refractivity contribution in [3.63, 3.8) is 0 Å². The van der Waals surface area contributed by atoms with Crippen molar-refractivity contribution in [2.45, 2.75) is 31.6 Å². The second-order valence-corrected chi connectivity index (χ2v) is 8.09. The highest BCUT2D eigenvalue weighted by atomic mass is 35.5. The fraction of sp³-hybridized carbons (Fsp3) is 0.476. The molecule has 1 aromatic heterocycles. The molecule has 1 aliphatic carbocycles. The number of amides is 1. The van der Waals surface area contributed by atoms with Gasteiger partial charge >= 0.3 is 0 Å². The van der Waals surface area contributed by atoms with Crippen molar-refractivity contribution >= 4 is 48.1 Å². The molecule has 30 heavy (non-hydrogen) atoms. The van der Waals surface area contributed by atoms with Gasteiger partial charge in [-0.05, 0) is 36.5 Å². The lowest BCUT2D eigenvalue weighted by atomic mass is 9.97. The van der Waals surface area contributed by atoms with Crippen LogP contribution in [0.3, 0.4) is 0 Å². The molecule has 4 rings (SSSR count). The number of carbonyl (C=O) groups is 1. The number of nitrogens with zero attached hydrogens (tertiary/aromatic N) is 4. The Balaban J connectivity index is 0.00000160. The number of hydrogen-bond donors (Lipinski definition) is 1. The van der Waals surface area contributed by atoms with E-state index >= 15 is 0 Å². The molecule has 1 aromatic carbocycles. The number of piperazine rings is 1. The average Bonchev–Trinajstić information content (AvgIpc) is 3.11.